The third-order valence-corrected chi connectivity index (χ3v) is 8.25. The zero-order valence-electron chi connectivity index (χ0n) is 19.2. The molecule has 2 unspecified atom stereocenters. The Hall–Kier alpha value is -3.89. The summed E-state index contributed by atoms with van der Waals surface area (Å²) in [7, 11) is -4.13. The zero-order valence-corrected chi connectivity index (χ0v) is 20.0. The second kappa shape index (κ2) is 8.96. The zero-order chi connectivity index (χ0) is 25.6. The molecule has 0 aromatic heterocycles. The van der Waals surface area contributed by atoms with Crippen molar-refractivity contribution in [2.24, 2.45) is 17.6 Å². The van der Waals surface area contributed by atoms with Gasteiger partial charge in [0.2, 0.25) is 15.9 Å². The lowest BCUT2D eigenvalue weighted by Crippen LogP contribution is -2.41. The molecule has 5 rings (SSSR count). The van der Waals surface area contributed by atoms with E-state index in [0.717, 1.165) is 5.56 Å². The minimum absolute atomic E-state index is 0.0769. The molecule has 0 radical (unpaired) electrons. The number of benzene rings is 2. The van der Waals surface area contributed by atoms with Gasteiger partial charge in [0.15, 0.2) is 11.6 Å². The SMILES string of the molecule is N=C(N)c1cccc(CN2CC[C@H](NS(=O)(=O)c3ccc4c(c3)C(=O)C3C=CC=CC3C4=O)C2=O)c1. The Balaban J connectivity index is 1.33. The third-order valence-electron chi connectivity index (χ3n) is 6.78. The van der Waals surface area contributed by atoms with E-state index in [1.165, 1.54) is 18.2 Å². The van der Waals surface area contributed by atoms with Gasteiger partial charge in [0.05, 0.1) is 16.7 Å². The molecule has 0 spiro atoms. The largest absolute Gasteiger partial charge is 0.384 e. The monoisotopic (exact) mass is 504 g/mol. The average molecular weight is 505 g/mol. The molecule has 2 aromatic rings. The smallest absolute Gasteiger partial charge is 0.241 e. The Bertz CT molecular complexity index is 1480. The molecular weight excluding hydrogens is 480 g/mol. The molecule has 4 N–H and O–H groups in total. The van der Waals surface area contributed by atoms with Gasteiger partial charge in [-0.3, -0.25) is 19.8 Å². The molecule has 1 heterocycles. The number of nitrogens with two attached hydrogens (primary N) is 1. The fourth-order valence-electron chi connectivity index (χ4n) is 4.89. The first-order valence-corrected chi connectivity index (χ1v) is 13.0. The van der Waals surface area contributed by atoms with Gasteiger partial charge in [-0.25, -0.2) is 8.42 Å². The summed E-state index contributed by atoms with van der Waals surface area (Å²) in [6.07, 6.45) is 7.06. The predicted molar refractivity (Wildman–Crippen MR) is 132 cm³/mol. The van der Waals surface area contributed by atoms with Gasteiger partial charge in [-0.2, -0.15) is 4.72 Å². The van der Waals surface area contributed by atoms with Crippen molar-refractivity contribution in [1.82, 2.24) is 9.62 Å². The van der Waals surface area contributed by atoms with Crippen molar-refractivity contribution in [3.05, 3.63) is 89.0 Å². The number of nitrogens with one attached hydrogen (secondary N) is 2. The van der Waals surface area contributed by atoms with Crippen LogP contribution in [0.15, 0.2) is 71.7 Å². The summed E-state index contributed by atoms with van der Waals surface area (Å²) in [5, 5.41) is 7.57. The molecule has 10 heteroatoms. The van der Waals surface area contributed by atoms with Gasteiger partial charge in [-0.1, -0.05) is 42.5 Å². The number of nitrogen functional groups attached to an aromatic ring is 1. The van der Waals surface area contributed by atoms with E-state index in [1.54, 1.807) is 47.4 Å². The van der Waals surface area contributed by atoms with Crippen LogP contribution >= 0.6 is 0 Å². The third kappa shape index (κ3) is 4.18. The van der Waals surface area contributed by atoms with E-state index < -0.39 is 27.9 Å². The standard InChI is InChI=1S/C26H24N4O5S/c27-25(28)16-5-3-4-15(12-16)14-30-11-10-22(26(30)33)29-36(34,35)17-8-9-20-21(13-17)24(32)19-7-2-1-6-18(19)23(20)31/h1-9,12-13,18-19,22,29H,10-11,14H2,(H3,27,28)/t18?,19?,22-/m0/s1. The van der Waals surface area contributed by atoms with Crippen LogP contribution in [0.2, 0.25) is 0 Å². The quantitative estimate of drug-likeness (QED) is 0.403. The molecule has 1 saturated heterocycles. The lowest BCUT2D eigenvalue weighted by molar-refractivity contribution is -0.129. The van der Waals surface area contributed by atoms with Crippen LogP contribution in [-0.4, -0.2) is 49.2 Å². The summed E-state index contributed by atoms with van der Waals surface area (Å²) < 4.78 is 28.7. The Kier molecular flexibility index (Phi) is 5.93. The van der Waals surface area contributed by atoms with Gasteiger partial charge in [0.1, 0.15) is 11.9 Å². The number of sulfonamides is 1. The number of rotatable bonds is 6. The Morgan fingerprint density at radius 1 is 1.00 bits per heavy atom. The first-order chi connectivity index (χ1) is 17.2. The van der Waals surface area contributed by atoms with Crippen LogP contribution in [0.5, 0.6) is 0 Å². The fourth-order valence-corrected chi connectivity index (χ4v) is 6.14. The highest BCUT2D eigenvalue weighted by Gasteiger charge is 2.40. The van der Waals surface area contributed by atoms with Gasteiger partial charge in [-0.15, -0.1) is 0 Å². The Morgan fingerprint density at radius 3 is 2.39 bits per heavy atom. The van der Waals surface area contributed by atoms with Crippen molar-refractivity contribution < 1.29 is 22.8 Å². The maximum Gasteiger partial charge on any atom is 0.241 e. The van der Waals surface area contributed by atoms with Crippen LogP contribution in [0.4, 0.5) is 0 Å². The molecule has 9 nitrogen and oxygen atoms in total. The van der Waals surface area contributed by atoms with Crippen molar-refractivity contribution in [1.29, 1.82) is 5.41 Å². The first kappa shape index (κ1) is 23.8. The number of Topliss-reactive ketones (excluding diaryl/α,β-unsaturated/α-hetero) is 2. The number of likely N-dealkylation sites (tertiary alicyclic amines) is 1. The number of hydrogen-bond donors (Lipinski definition) is 3. The summed E-state index contributed by atoms with van der Waals surface area (Å²) >= 11 is 0. The molecule has 2 aromatic carbocycles. The molecule has 2 aliphatic carbocycles. The minimum atomic E-state index is -4.13. The highest BCUT2D eigenvalue weighted by atomic mass is 32.2. The summed E-state index contributed by atoms with van der Waals surface area (Å²) in [4.78, 5) is 40.2. The molecule has 184 valence electrons. The summed E-state index contributed by atoms with van der Waals surface area (Å²) in [5.41, 5.74) is 7.14. The van der Waals surface area contributed by atoms with E-state index in [9.17, 15) is 22.8 Å². The van der Waals surface area contributed by atoms with Gasteiger partial charge >= 0.3 is 0 Å². The van der Waals surface area contributed by atoms with E-state index in [2.05, 4.69) is 4.72 Å². The molecule has 0 saturated carbocycles. The minimum Gasteiger partial charge on any atom is -0.384 e. The van der Waals surface area contributed by atoms with Crippen LogP contribution in [0, 0.1) is 17.2 Å². The molecule has 3 atom stereocenters. The summed E-state index contributed by atoms with van der Waals surface area (Å²) in [6.45, 7) is 0.620. The van der Waals surface area contributed by atoms with Crippen LogP contribution in [0.25, 0.3) is 0 Å². The summed E-state index contributed by atoms with van der Waals surface area (Å²) in [6, 6.07) is 9.92. The van der Waals surface area contributed by atoms with Crippen molar-refractivity contribution >= 4 is 33.3 Å². The van der Waals surface area contributed by atoms with Gasteiger partial charge in [0, 0.05) is 29.8 Å². The number of amides is 1. The molecule has 1 amide bonds. The Morgan fingerprint density at radius 2 is 1.69 bits per heavy atom. The second-order valence-electron chi connectivity index (χ2n) is 9.09. The molecule has 36 heavy (non-hydrogen) atoms. The fraction of sp³-hybridized carbons (Fsp3) is 0.231. The van der Waals surface area contributed by atoms with Crippen molar-refractivity contribution in [2.45, 2.75) is 23.9 Å². The predicted octanol–water partition coefficient (Wildman–Crippen LogP) is 1.79. The van der Waals surface area contributed by atoms with Gasteiger partial charge in [-0.05, 0) is 36.2 Å². The topological polar surface area (TPSA) is 150 Å². The first-order valence-electron chi connectivity index (χ1n) is 11.5. The number of ketones is 2. The highest BCUT2D eigenvalue weighted by molar-refractivity contribution is 7.89. The van der Waals surface area contributed by atoms with E-state index in [4.69, 9.17) is 11.1 Å². The normalized spacial score (nSPS) is 23.1. The van der Waals surface area contributed by atoms with Crippen molar-refractivity contribution in [3.63, 3.8) is 0 Å². The average Bonchev–Trinajstić information content (AvgIpc) is 3.20. The van der Waals surface area contributed by atoms with E-state index in [-0.39, 0.29) is 52.3 Å². The number of nitrogens with zero attached hydrogens (tertiary/aromatic N) is 1. The number of hydrogen-bond acceptors (Lipinski definition) is 6. The maximum atomic E-state index is 13.1. The molecule has 1 fully saturated rings. The summed E-state index contributed by atoms with van der Waals surface area (Å²) in [5.74, 6) is -2.18. The second-order valence-corrected chi connectivity index (χ2v) is 10.8. The van der Waals surface area contributed by atoms with Crippen LogP contribution < -0.4 is 10.5 Å². The van der Waals surface area contributed by atoms with Crippen LogP contribution in [-0.2, 0) is 21.4 Å². The number of carbonyl (C=O) groups excluding carboxylic acids is 3. The lowest BCUT2D eigenvalue weighted by atomic mass is 9.72. The van der Waals surface area contributed by atoms with E-state index in [0.29, 0.717) is 12.1 Å². The number of fused-ring (bicyclic) bond motifs is 2. The van der Waals surface area contributed by atoms with Crippen molar-refractivity contribution in [2.75, 3.05) is 6.54 Å². The van der Waals surface area contributed by atoms with Gasteiger partial charge in [0.25, 0.3) is 0 Å². The lowest BCUT2D eigenvalue weighted by Gasteiger charge is -2.28. The molecular formula is C26H24N4O5S. The van der Waals surface area contributed by atoms with Crippen LogP contribution in [0.3, 0.4) is 0 Å². The van der Waals surface area contributed by atoms with Crippen molar-refractivity contribution in [3.8, 4) is 0 Å². The molecule has 3 aliphatic rings. The number of allylic oxidation sites excluding steroid dienone is 4. The number of amidine groups is 1. The molecule has 1 aliphatic heterocycles. The highest BCUT2D eigenvalue weighted by Crippen LogP contribution is 2.35. The van der Waals surface area contributed by atoms with Crippen LogP contribution in [0.1, 0.15) is 38.3 Å². The number of carbonyl (C=O) groups is 3. The molecule has 0 bridgehead atoms. The van der Waals surface area contributed by atoms with Gasteiger partial charge < -0.3 is 10.6 Å². The van der Waals surface area contributed by atoms with E-state index in [1.807, 2.05) is 6.07 Å². The Labute approximate surface area is 208 Å². The van der Waals surface area contributed by atoms with E-state index >= 15 is 0 Å². The maximum absolute atomic E-state index is 13.1.